The fourth-order valence-corrected chi connectivity index (χ4v) is 2.50. The average molecular weight is 324 g/mol. The molecule has 0 aromatic heterocycles. The van der Waals surface area contributed by atoms with Crippen molar-refractivity contribution in [3.63, 3.8) is 0 Å². The van der Waals surface area contributed by atoms with Crippen molar-refractivity contribution in [3.8, 4) is 0 Å². The summed E-state index contributed by atoms with van der Waals surface area (Å²) in [6.07, 6.45) is 0. The number of hydrogen-bond donors (Lipinski definition) is 1. The normalized spacial score (nSPS) is 13.8. The molecule has 5 heteroatoms. The summed E-state index contributed by atoms with van der Waals surface area (Å²) in [5.41, 5.74) is 5.81. The molecule has 1 aromatic rings. The van der Waals surface area contributed by atoms with Crippen molar-refractivity contribution < 1.29 is 8.78 Å². The largest absolute Gasteiger partial charge is 0.323 e. The van der Waals surface area contributed by atoms with E-state index in [2.05, 4.69) is 15.9 Å². The highest BCUT2D eigenvalue weighted by Crippen LogP contribution is 2.31. The van der Waals surface area contributed by atoms with Crippen molar-refractivity contribution in [1.82, 2.24) is 0 Å². The van der Waals surface area contributed by atoms with Crippen LogP contribution in [-0.4, -0.2) is 10.5 Å². The lowest BCUT2D eigenvalue weighted by atomic mass is 10.1. The van der Waals surface area contributed by atoms with E-state index in [9.17, 15) is 8.78 Å². The van der Waals surface area contributed by atoms with Crippen molar-refractivity contribution >= 4 is 27.7 Å². The second kappa shape index (κ2) is 5.67. The van der Waals surface area contributed by atoms with Crippen molar-refractivity contribution in [2.45, 2.75) is 31.6 Å². The Balaban J connectivity index is 2.89. The summed E-state index contributed by atoms with van der Waals surface area (Å²) in [6, 6.07) is 1.93. The molecule has 2 N–H and O–H groups in total. The van der Waals surface area contributed by atoms with Crippen LogP contribution in [0.3, 0.4) is 0 Å². The second-order valence-electron chi connectivity index (χ2n) is 4.79. The van der Waals surface area contributed by atoms with E-state index in [1.54, 1.807) is 11.8 Å². The van der Waals surface area contributed by atoms with Gasteiger partial charge in [0.1, 0.15) is 11.6 Å². The Morgan fingerprint density at radius 1 is 1.35 bits per heavy atom. The van der Waals surface area contributed by atoms with Gasteiger partial charge < -0.3 is 5.73 Å². The molecule has 0 fully saturated rings. The molecule has 0 amide bonds. The van der Waals surface area contributed by atoms with Crippen LogP contribution in [0.25, 0.3) is 0 Å². The van der Waals surface area contributed by atoms with Gasteiger partial charge in [-0.15, -0.1) is 0 Å². The first-order chi connectivity index (χ1) is 7.72. The molecular weight excluding hydrogens is 308 g/mol. The molecular formula is C12H16BrF2NS. The van der Waals surface area contributed by atoms with Crippen molar-refractivity contribution in [3.05, 3.63) is 33.8 Å². The molecule has 17 heavy (non-hydrogen) atoms. The molecule has 1 rings (SSSR count). The topological polar surface area (TPSA) is 26.0 Å². The quantitative estimate of drug-likeness (QED) is 0.841. The van der Waals surface area contributed by atoms with Gasteiger partial charge in [0.2, 0.25) is 0 Å². The lowest BCUT2D eigenvalue weighted by molar-refractivity contribution is 0.534. The summed E-state index contributed by atoms with van der Waals surface area (Å²) in [6.45, 7) is 6.12. The molecule has 0 aliphatic carbocycles. The Bertz CT molecular complexity index is 404. The summed E-state index contributed by atoms with van der Waals surface area (Å²) in [5, 5.41) is 0. The molecule has 0 heterocycles. The number of hydrogen-bond acceptors (Lipinski definition) is 2. The first kappa shape index (κ1) is 14.9. The summed E-state index contributed by atoms with van der Waals surface area (Å²) in [4.78, 5) is 0. The third-order valence-corrected chi connectivity index (χ3v) is 4.15. The van der Waals surface area contributed by atoms with Crippen LogP contribution in [0.4, 0.5) is 8.78 Å². The number of thioether (sulfide) groups is 1. The monoisotopic (exact) mass is 323 g/mol. The Kier molecular flexibility index (Phi) is 4.98. The van der Waals surface area contributed by atoms with E-state index in [0.29, 0.717) is 5.75 Å². The van der Waals surface area contributed by atoms with Crippen LogP contribution < -0.4 is 5.73 Å². The van der Waals surface area contributed by atoms with Gasteiger partial charge in [0.05, 0.1) is 4.47 Å². The minimum absolute atomic E-state index is 0.0244. The molecule has 0 aliphatic rings. The van der Waals surface area contributed by atoms with Crippen LogP contribution >= 0.6 is 27.7 Å². The van der Waals surface area contributed by atoms with E-state index >= 15 is 0 Å². The molecule has 0 bridgehead atoms. The Labute approximate surface area is 113 Å². The maximum Gasteiger partial charge on any atom is 0.145 e. The van der Waals surface area contributed by atoms with Gasteiger partial charge in [0.15, 0.2) is 0 Å². The number of rotatable bonds is 3. The lowest BCUT2D eigenvalue weighted by Gasteiger charge is -2.21. The molecule has 1 aromatic carbocycles. The third-order valence-electron chi connectivity index (χ3n) is 2.15. The number of benzene rings is 1. The standard InChI is InChI=1S/C12H16BrF2NS/c1-12(2,3)17-6-9(16)10-8(14)5-4-7(13)11(10)15/h4-5,9H,6,16H2,1-3H3. The summed E-state index contributed by atoms with van der Waals surface area (Å²) in [7, 11) is 0. The molecule has 1 nitrogen and oxygen atoms in total. The van der Waals surface area contributed by atoms with E-state index in [0.717, 1.165) is 0 Å². The van der Waals surface area contributed by atoms with E-state index in [1.165, 1.54) is 12.1 Å². The third kappa shape index (κ3) is 4.23. The molecule has 0 saturated carbocycles. The van der Waals surface area contributed by atoms with E-state index in [-0.39, 0.29) is 14.8 Å². The van der Waals surface area contributed by atoms with Crippen molar-refractivity contribution in [2.24, 2.45) is 5.73 Å². The fraction of sp³-hybridized carbons (Fsp3) is 0.500. The second-order valence-corrected chi connectivity index (χ2v) is 7.49. The zero-order chi connectivity index (χ0) is 13.2. The molecule has 96 valence electrons. The van der Waals surface area contributed by atoms with Crippen molar-refractivity contribution in [2.75, 3.05) is 5.75 Å². The summed E-state index contributed by atoms with van der Waals surface area (Å²) in [5.74, 6) is -0.715. The van der Waals surface area contributed by atoms with Gasteiger partial charge in [-0.2, -0.15) is 11.8 Å². The first-order valence-corrected chi connectivity index (χ1v) is 7.03. The van der Waals surface area contributed by atoms with Crippen LogP contribution in [0.15, 0.2) is 16.6 Å². The SMILES string of the molecule is CC(C)(C)SCC(N)c1c(F)ccc(Br)c1F. The maximum atomic E-state index is 13.8. The van der Waals surface area contributed by atoms with Crippen LogP contribution in [0.5, 0.6) is 0 Å². The highest BCUT2D eigenvalue weighted by Gasteiger charge is 2.21. The maximum absolute atomic E-state index is 13.8. The van der Waals surface area contributed by atoms with E-state index in [4.69, 9.17) is 5.73 Å². The molecule has 0 spiro atoms. The highest BCUT2D eigenvalue weighted by molar-refractivity contribution is 9.10. The van der Waals surface area contributed by atoms with Gasteiger partial charge in [0, 0.05) is 22.1 Å². The average Bonchev–Trinajstić information content (AvgIpc) is 2.20. The van der Waals surface area contributed by atoms with E-state index in [1.807, 2.05) is 20.8 Å². The Morgan fingerprint density at radius 3 is 2.47 bits per heavy atom. The fourth-order valence-electron chi connectivity index (χ4n) is 1.31. The van der Waals surface area contributed by atoms with E-state index < -0.39 is 17.7 Å². The van der Waals surface area contributed by atoms with Gasteiger partial charge in [-0.1, -0.05) is 20.8 Å². The molecule has 0 aliphatic heterocycles. The highest BCUT2D eigenvalue weighted by atomic mass is 79.9. The van der Waals surface area contributed by atoms with Crippen LogP contribution in [0, 0.1) is 11.6 Å². The van der Waals surface area contributed by atoms with Crippen LogP contribution in [-0.2, 0) is 0 Å². The van der Waals surface area contributed by atoms with Gasteiger partial charge in [-0.3, -0.25) is 0 Å². The Hall–Kier alpha value is -0.130. The minimum atomic E-state index is -0.642. The van der Waals surface area contributed by atoms with Crippen molar-refractivity contribution in [1.29, 1.82) is 0 Å². The molecule has 0 radical (unpaired) electrons. The van der Waals surface area contributed by atoms with Gasteiger partial charge in [0.25, 0.3) is 0 Å². The van der Waals surface area contributed by atoms with Gasteiger partial charge >= 0.3 is 0 Å². The predicted molar refractivity (Wildman–Crippen MR) is 73.2 cm³/mol. The Morgan fingerprint density at radius 2 is 1.94 bits per heavy atom. The number of halogens is 3. The van der Waals surface area contributed by atoms with Crippen LogP contribution in [0.1, 0.15) is 32.4 Å². The predicted octanol–water partition coefficient (Wildman–Crippen LogP) is 4.26. The molecule has 0 saturated heterocycles. The van der Waals surface area contributed by atoms with Gasteiger partial charge in [-0.05, 0) is 28.1 Å². The zero-order valence-electron chi connectivity index (χ0n) is 10.1. The summed E-state index contributed by atoms with van der Waals surface area (Å²) >= 11 is 4.62. The molecule has 1 atom stereocenters. The smallest absolute Gasteiger partial charge is 0.145 e. The molecule has 1 unspecified atom stereocenters. The van der Waals surface area contributed by atoms with Gasteiger partial charge in [-0.25, -0.2) is 8.78 Å². The lowest BCUT2D eigenvalue weighted by Crippen LogP contribution is -2.20. The zero-order valence-corrected chi connectivity index (χ0v) is 12.5. The van der Waals surface area contributed by atoms with Crippen LogP contribution in [0.2, 0.25) is 0 Å². The first-order valence-electron chi connectivity index (χ1n) is 5.25. The summed E-state index contributed by atoms with van der Waals surface area (Å²) < 4.78 is 27.6. The minimum Gasteiger partial charge on any atom is -0.323 e. The number of nitrogens with two attached hydrogens (primary N) is 1.